The summed E-state index contributed by atoms with van der Waals surface area (Å²) in [6.45, 7) is 13.8. The van der Waals surface area contributed by atoms with Gasteiger partial charge in [-0.1, -0.05) is 77.5 Å². The number of aromatic nitrogens is 3. The molecular weight excluding hydrogens is 570 g/mol. The molecule has 0 amide bonds. The van der Waals surface area contributed by atoms with Crippen molar-refractivity contribution >= 4 is 43.9 Å². The molecule has 0 aliphatic carbocycles. The Morgan fingerprint density at radius 2 is 0.913 bits per heavy atom. The summed E-state index contributed by atoms with van der Waals surface area (Å²) in [5, 5.41) is 2.68. The molecule has 6 nitrogen and oxygen atoms in total. The zero-order valence-corrected chi connectivity index (χ0v) is 28.5. The third kappa shape index (κ3) is 6.62. The van der Waals surface area contributed by atoms with E-state index in [0.29, 0.717) is 19.8 Å². The van der Waals surface area contributed by atoms with Gasteiger partial charge in [0.1, 0.15) is 6.61 Å². The second-order valence-corrected chi connectivity index (χ2v) is 12.8. The van der Waals surface area contributed by atoms with Gasteiger partial charge in [-0.2, -0.15) is 4.57 Å². The van der Waals surface area contributed by atoms with Crippen LogP contribution >= 0.6 is 0 Å². The van der Waals surface area contributed by atoms with Gasteiger partial charge in [0.25, 0.3) is 0 Å². The molecule has 6 rings (SSSR count). The monoisotopic (exact) mass is 624 g/mol. The highest BCUT2D eigenvalue weighted by atomic mass is 16.5. The number of unbranched alkanes of at least 4 members (excludes halogenated alkanes) is 6. The molecule has 0 fully saturated rings. The van der Waals surface area contributed by atoms with Crippen LogP contribution in [0.15, 0.2) is 54.6 Å². The van der Waals surface area contributed by atoms with Gasteiger partial charge in [0.2, 0.25) is 11.0 Å². The average molecular weight is 625 g/mol. The lowest BCUT2D eigenvalue weighted by Gasteiger charge is -2.28. The maximum absolute atomic E-state index is 6.19. The van der Waals surface area contributed by atoms with Crippen LogP contribution in [-0.4, -0.2) is 48.8 Å². The molecule has 3 heterocycles. The van der Waals surface area contributed by atoms with E-state index in [9.17, 15) is 0 Å². The van der Waals surface area contributed by atoms with Crippen LogP contribution in [0.4, 0.5) is 0 Å². The highest BCUT2D eigenvalue weighted by Gasteiger charge is 2.31. The van der Waals surface area contributed by atoms with Gasteiger partial charge in [0.15, 0.2) is 6.54 Å². The molecule has 0 N–H and O–H groups in total. The lowest BCUT2D eigenvalue weighted by Crippen LogP contribution is -2.38. The molecule has 0 spiro atoms. The van der Waals surface area contributed by atoms with E-state index < -0.39 is 0 Å². The number of hydrogen-bond donors (Lipinski definition) is 0. The van der Waals surface area contributed by atoms with Crippen molar-refractivity contribution in [1.29, 1.82) is 0 Å². The van der Waals surface area contributed by atoms with Gasteiger partial charge in [0.05, 0.1) is 46.1 Å². The molecule has 246 valence electrons. The summed E-state index contributed by atoms with van der Waals surface area (Å²) in [7, 11) is 0. The molecule has 0 unspecified atom stereocenters. The predicted octanol–water partition coefficient (Wildman–Crippen LogP) is 9.35. The third-order valence-corrected chi connectivity index (χ3v) is 9.61. The maximum Gasteiger partial charge on any atom is 0.215 e. The summed E-state index contributed by atoms with van der Waals surface area (Å²) >= 11 is 0. The molecule has 3 aromatic carbocycles. The predicted molar refractivity (Wildman–Crippen MR) is 191 cm³/mol. The van der Waals surface area contributed by atoms with Gasteiger partial charge < -0.3 is 23.3 Å². The van der Waals surface area contributed by atoms with Gasteiger partial charge in [-0.05, 0) is 43.5 Å². The molecule has 2 aliphatic rings. The molecule has 0 radical (unpaired) electrons. The van der Waals surface area contributed by atoms with Crippen molar-refractivity contribution in [3.63, 3.8) is 0 Å². The first kappa shape index (κ1) is 32.7. The van der Waals surface area contributed by atoms with Crippen molar-refractivity contribution in [2.24, 2.45) is 0 Å². The first-order chi connectivity index (χ1) is 22.8. The first-order valence-electron chi connectivity index (χ1n) is 18.1. The number of nitrogens with zero attached hydrogens (tertiary/aromatic N) is 3. The number of hydrogen-bond acceptors (Lipinski definition) is 3. The Labute approximate surface area is 274 Å². The van der Waals surface area contributed by atoms with Gasteiger partial charge >= 0.3 is 0 Å². The van der Waals surface area contributed by atoms with E-state index in [1.165, 1.54) is 93.5 Å². The molecular formula is C40H54N3O3+. The molecule has 1 aromatic heterocycles. The normalized spacial score (nSPS) is 12.3. The second-order valence-electron chi connectivity index (χ2n) is 12.8. The molecule has 0 atom stereocenters. The first-order valence-corrected chi connectivity index (χ1v) is 18.1. The van der Waals surface area contributed by atoms with E-state index in [1.54, 1.807) is 0 Å². The Bertz CT molecular complexity index is 1670. The lowest BCUT2D eigenvalue weighted by molar-refractivity contribution is -0.647. The van der Waals surface area contributed by atoms with Crippen LogP contribution in [0.2, 0.25) is 0 Å². The Morgan fingerprint density at radius 3 is 1.39 bits per heavy atom. The van der Waals surface area contributed by atoms with Gasteiger partial charge in [-0.3, -0.25) is 0 Å². The van der Waals surface area contributed by atoms with E-state index in [2.05, 4.69) is 89.1 Å². The fraction of sp³-hybridized carbons (Fsp3) is 0.525. The SMILES string of the molecule is CCCCCOCCn1c2cccc3c2-c2c4c1cccc4[n+](CCOCCCCC)c1cccc(c21)n3CCOCCCCC. The largest absolute Gasteiger partial charge is 0.380 e. The average Bonchev–Trinajstić information content (AvgIpc) is 3.08. The number of ether oxygens (including phenoxy) is 3. The van der Waals surface area contributed by atoms with Crippen molar-refractivity contribution in [1.82, 2.24) is 9.13 Å². The molecule has 46 heavy (non-hydrogen) atoms. The van der Waals surface area contributed by atoms with E-state index >= 15 is 0 Å². The van der Waals surface area contributed by atoms with Gasteiger partial charge in [-0.25, -0.2) is 0 Å². The van der Waals surface area contributed by atoms with Crippen molar-refractivity contribution in [3.05, 3.63) is 54.6 Å². The second kappa shape index (κ2) is 16.1. The zero-order chi connectivity index (χ0) is 31.7. The standard InChI is InChI=1S/C40H54N3O3/c1-4-7-10-25-44-28-22-41-31-16-13-18-33-37(31)40-38-32(41)17-14-19-34(38)43(24-30-46-27-12-9-6-3)36-21-15-20-35(39(36)40)42(33)23-29-45-26-11-8-5-2/h13-21H,4-12,22-30H2,1-3H3/q+1. The molecule has 0 saturated carbocycles. The molecule has 2 aliphatic heterocycles. The zero-order valence-electron chi connectivity index (χ0n) is 28.5. The lowest BCUT2D eigenvalue weighted by atomic mass is 9.89. The smallest absolute Gasteiger partial charge is 0.215 e. The summed E-state index contributed by atoms with van der Waals surface area (Å²) in [5.41, 5.74) is 10.4. The maximum atomic E-state index is 6.19. The number of pyridine rings is 3. The van der Waals surface area contributed by atoms with Crippen LogP contribution in [0.1, 0.15) is 78.6 Å². The van der Waals surface area contributed by atoms with Gasteiger partial charge in [-0.15, -0.1) is 0 Å². The highest BCUT2D eigenvalue weighted by Crippen LogP contribution is 2.47. The van der Waals surface area contributed by atoms with E-state index in [-0.39, 0.29) is 0 Å². The van der Waals surface area contributed by atoms with Crippen molar-refractivity contribution < 1.29 is 18.8 Å². The quantitative estimate of drug-likeness (QED) is 0.0347. The van der Waals surface area contributed by atoms with Gasteiger partial charge in [0, 0.05) is 56.2 Å². The van der Waals surface area contributed by atoms with Crippen LogP contribution in [-0.2, 0) is 33.8 Å². The topological polar surface area (TPSA) is 41.4 Å². The van der Waals surface area contributed by atoms with Crippen LogP contribution in [0.25, 0.3) is 55.0 Å². The summed E-state index contributed by atoms with van der Waals surface area (Å²) in [5.74, 6) is 0. The number of rotatable bonds is 21. The third-order valence-electron chi connectivity index (χ3n) is 9.61. The van der Waals surface area contributed by atoms with Crippen LogP contribution < -0.4 is 4.57 Å². The summed E-state index contributed by atoms with van der Waals surface area (Å²) in [4.78, 5) is 0. The Balaban J connectivity index is 1.50. The van der Waals surface area contributed by atoms with Crippen molar-refractivity contribution in [2.75, 3.05) is 39.6 Å². The minimum Gasteiger partial charge on any atom is -0.380 e. The molecule has 6 heteroatoms. The fourth-order valence-electron chi connectivity index (χ4n) is 7.33. The Morgan fingerprint density at radius 1 is 0.478 bits per heavy atom. The Hall–Kier alpha value is -3.19. The van der Waals surface area contributed by atoms with E-state index in [1.807, 2.05) is 0 Å². The van der Waals surface area contributed by atoms with Crippen LogP contribution in [0.5, 0.6) is 0 Å². The highest BCUT2D eigenvalue weighted by molar-refractivity contribution is 6.24. The molecule has 0 saturated heterocycles. The summed E-state index contributed by atoms with van der Waals surface area (Å²) in [6.07, 6.45) is 10.7. The minimum atomic E-state index is 0.707. The summed E-state index contributed by atoms with van der Waals surface area (Å²) < 4.78 is 26.1. The molecule has 4 aromatic rings. The van der Waals surface area contributed by atoms with Crippen molar-refractivity contribution in [3.8, 4) is 11.1 Å². The number of benzene rings is 3. The van der Waals surface area contributed by atoms with Crippen LogP contribution in [0, 0.1) is 0 Å². The van der Waals surface area contributed by atoms with Crippen LogP contribution in [0.3, 0.4) is 0 Å². The van der Waals surface area contributed by atoms with Crippen molar-refractivity contribution in [2.45, 2.75) is 98.2 Å². The van der Waals surface area contributed by atoms with E-state index in [0.717, 1.165) is 58.7 Å². The molecule has 0 bridgehead atoms. The summed E-state index contributed by atoms with van der Waals surface area (Å²) in [6, 6.07) is 20.5. The Kier molecular flexibility index (Phi) is 11.4. The fourth-order valence-corrected chi connectivity index (χ4v) is 7.33. The van der Waals surface area contributed by atoms with E-state index in [4.69, 9.17) is 14.2 Å². The minimum absolute atomic E-state index is 0.707.